The number of rotatable bonds is 0. The summed E-state index contributed by atoms with van der Waals surface area (Å²) < 4.78 is 0. The van der Waals surface area contributed by atoms with E-state index in [2.05, 4.69) is 18.2 Å². The third kappa shape index (κ3) is 1.75. The van der Waals surface area contributed by atoms with Crippen LogP contribution >= 0.6 is 0 Å². The number of fused-ring (bicyclic) bond motifs is 11. The van der Waals surface area contributed by atoms with Gasteiger partial charge in [-0.25, -0.2) is 0 Å². The van der Waals surface area contributed by atoms with E-state index in [0.29, 0.717) is 5.39 Å². The van der Waals surface area contributed by atoms with Gasteiger partial charge in [0.1, 0.15) is 0 Å². The SMILES string of the molecule is O=c1c2ccccc2c2cc3c4ccccc4c4c5ccccc5c(=O)c4c3cc12. The van der Waals surface area contributed by atoms with Crippen molar-refractivity contribution in [3.63, 3.8) is 0 Å². The monoisotopic (exact) mass is 382 g/mol. The van der Waals surface area contributed by atoms with Crippen molar-refractivity contribution in [3.8, 4) is 0 Å². The summed E-state index contributed by atoms with van der Waals surface area (Å²) in [5, 5.41) is 10.8. The summed E-state index contributed by atoms with van der Waals surface area (Å²) in [6.45, 7) is 0. The average molecular weight is 382 g/mol. The minimum absolute atomic E-state index is 0.0346. The third-order valence-corrected chi connectivity index (χ3v) is 6.54. The van der Waals surface area contributed by atoms with E-state index < -0.39 is 0 Å². The van der Waals surface area contributed by atoms with Crippen LogP contribution in [0.3, 0.4) is 0 Å². The largest absolute Gasteiger partial charge is 0.289 e. The predicted octanol–water partition coefficient (Wildman–Crippen LogP) is 6.20. The first-order valence-electron chi connectivity index (χ1n) is 10.0. The molecule has 0 saturated carbocycles. The molecule has 138 valence electrons. The normalized spacial score (nSPS) is 12.3. The van der Waals surface area contributed by atoms with E-state index in [-0.39, 0.29) is 10.9 Å². The fourth-order valence-corrected chi connectivity index (χ4v) is 5.26. The van der Waals surface area contributed by atoms with Gasteiger partial charge < -0.3 is 0 Å². The van der Waals surface area contributed by atoms with Gasteiger partial charge in [-0.3, -0.25) is 9.59 Å². The number of benzene rings is 5. The fourth-order valence-electron chi connectivity index (χ4n) is 5.26. The van der Waals surface area contributed by atoms with E-state index in [1.807, 2.05) is 66.7 Å². The summed E-state index contributed by atoms with van der Waals surface area (Å²) in [6, 6.07) is 27.8. The molecule has 30 heavy (non-hydrogen) atoms. The van der Waals surface area contributed by atoms with Gasteiger partial charge in [-0.2, -0.15) is 0 Å². The van der Waals surface area contributed by atoms with Crippen LogP contribution in [0.15, 0.2) is 94.5 Å². The van der Waals surface area contributed by atoms with Crippen molar-refractivity contribution in [2.75, 3.05) is 0 Å². The van der Waals surface area contributed by atoms with Gasteiger partial charge in [-0.1, -0.05) is 72.8 Å². The number of hydrogen-bond donors (Lipinski definition) is 0. The van der Waals surface area contributed by atoms with E-state index >= 15 is 0 Å². The van der Waals surface area contributed by atoms with Crippen LogP contribution in [0.2, 0.25) is 0 Å². The minimum atomic E-state index is 0.0346. The zero-order chi connectivity index (χ0) is 20.0. The Morgan fingerprint density at radius 2 is 0.767 bits per heavy atom. The summed E-state index contributed by atoms with van der Waals surface area (Å²) in [7, 11) is 0. The highest BCUT2D eigenvalue weighted by Crippen LogP contribution is 2.40. The molecule has 7 aromatic carbocycles. The van der Waals surface area contributed by atoms with Crippen LogP contribution in [-0.4, -0.2) is 0 Å². The quantitative estimate of drug-likeness (QED) is 0.293. The first-order valence-corrected chi connectivity index (χ1v) is 10.0. The smallest absolute Gasteiger partial charge is 0.194 e. The van der Waals surface area contributed by atoms with Crippen LogP contribution in [0.25, 0.3) is 64.6 Å². The lowest BCUT2D eigenvalue weighted by Gasteiger charge is -2.08. The molecule has 0 fully saturated rings. The molecule has 0 unspecified atom stereocenters. The second kappa shape index (κ2) is 5.31. The Labute approximate surface area is 170 Å². The summed E-state index contributed by atoms with van der Waals surface area (Å²) in [5.41, 5.74) is 0.0756. The fraction of sp³-hybridized carbons (Fsp3) is 0. The molecule has 2 heteroatoms. The van der Waals surface area contributed by atoms with Gasteiger partial charge in [-0.05, 0) is 49.8 Å². The van der Waals surface area contributed by atoms with Crippen molar-refractivity contribution in [2.24, 2.45) is 0 Å². The first kappa shape index (κ1) is 15.8. The molecule has 0 bridgehead atoms. The molecule has 0 amide bonds. The van der Waals surface area contributed by atoms with Crippen LogP contribution in [0, 0.1) is 0 Å². The van der Waals surface area contributed by atoms with E-state index in [9.17, 15) is 9.59 Å². The highest BCUT2D eigenvalue weighted by molar-refractivity contribution is 6.35. The van der Waals surface area contributed by atoms with Gasteiger partial charge in [0.05, 0.1) is 0 Å². The van der Waals surface area contributed by atoms with Gasteiger partial charge in [0, 0.05) is 26.9 Å². The molecule has 0 saturated heterocycles. The Hall–Kier alpha value is -4.04. The first-order chi connectivity index (χ1) is 14.7. The maximum absolute atomic E-state index is 13.5. The average Bonchev–Trinajstić information content (AvgIpc) is 3.25. The van der Waals surface area contributed by atoms with Gasteiger partial charge in [-0.15, -0.1) is 0 Å². The van der Waals surface area contributed by atoms with Crippen LogP contribution in [0.4, 0.5) is 0 Å². The lowest BCUT2D eigenvalue weighted by molar-refractivity contribution is 1.80. The summed E-state index contributed by atoms with van der Waals surface area (Å²) in [4.78, 5) is 26.6. The highest BCUT2D eigenvalue weighted by Gasteiger charge is 2.19. The van der Waals surface area contributed by atoms with E-state index in [4.69, 9.17) is 0 Å². The number of hydrogen-bond acceptors (Lipinski definition) is 2. The van der Waals surface area contributed by atoms with E-state index in [1.54, 1.807) is 0 Å². The molecule has 0 aliphatic rings. The highest BCUT2D eigenvalue weighted by atomic mass is 16.1. The Balaban J connectivity index is 1.90. The summed E-state index contributed by atoms with van der Waals surface area (Å²) in [5.74, 6) is 0. The predicted molar refractivity (Wildman–Crippen MR) is 126 cm³/mol. The molecule has 0 heterocycles. The van der Waals surface area contributed by atoms with Gasteiger partial charge in [0.25, 0.3) is 0 Å². The molecule has 0 radical (unpaired) electrons. The van der Waals surface area contributed by atoms with Gasteiger partial charge in [0.15, 0.2) is 10.9 Å². The maximum atomic E-state index is 13.5. The molecule has 0 atom stereocenters. The second-order valence-corrected chi connectivity index (χ2v) is 7.99. The molecule has 7 rings (SSSR count). The Morgan fingerprint density at radius 1 is 0.333 bits per heavy atom. The van der Waals surface area contributed by atoms with Crippen molar-refractivity contribution >= 4 is 64.6 Å². The maximum Gasteiger partial charge on any atom is 0.194 e. The zero-order valence-corrected chi connectivity index (χ0v) is 15.9. The van der Waals surface area contributed by atoms with Crippen molar-refractivity contribution in [1.29, 1.82) is 0 Å². The topological polar surface area (TPSA) is 34.1 Å². The van der Waals surface area contributed by atoms with Crippen molar-refractivity contribution < 1.29 is 0 Å². The molecule has 0 aliphatic heterocycles. The molecule has 0 aromatic heterocycles. The standard InChI is InChI=1S/C28H14O2/c29-27-19-11-5-2-8-16(19)22-13-21-15-7-1-3-9-17(15)25-18-10-4-6-12-20(18)28(30)26(25)23(21)14-24(22)27/h1-14H. The lowest BCUT2D eigenvalue weighted by Crippen LogP contribution is -1.97. The third-order valence-electron chi connectivity index (χ3n) is 6.54. The molecular formula is C28H14O2. The Bertz CT molecular complexity index is 1930. The second-order valence-electron chi connectivity index (χ2n) is 7.99. The lowest BCUT2D eigenvalue weighted by atomic mass is 9.94. The minimum Gasteiger partial charge on any atom is -0.289 e. The molecular weight excluding hydrogens is 368 g/mol. The Morgan fingerprint density at radius 3 is 1.43 bits per heavy atom. The summed E-state index contributed by atoms with van der Waals surface area (Å²) >= 11 is 0. The summed E-state index contributed by atoms with van der Waals surface area (Å²) in [6.07, 6.45) is 0. The molecule has 7 aromatic rings. The van der Waals surface area contributed by atoms with Gasteiger partial charge >= 0.3 is 0 Å². The van der Waals surface area contributed by atoms with E-state index in [0.717, 1.165) is 59.2 Å². The van der Waals surface area contributed by atoms with Crippen molar-refractivity contribution in [3.05, 3.63) is 105 Å². The Kier molecular flexibility index (Phi) is 2.80. The van der Waals surface area contributed by atoms with Crippen LogP contribution in [0.1, 0.15) is 0 Å². The molecule has 0 aliphatic carbocycles. The molecule has 0 spiro atoms. The van der Waals surface area contributed by atoms with Crippen molar-refractivity contribution in [2.45, 2.75) is 0 Å². The zero-order valence-electron chi connectivity index (χ0n) is 15.9. The molecule has 2 nitrogen and oxygen atoms in total. The van der Waals surface area contributed by atoms with Crippen molar-refractivity contribution in [1.82, 2.24) is 0 Å². The van der Waals surface area contributed by atoms with Gasteiger partial charge in [0.2, 0.25) is 0 Å². The van der Waals surface area contributed by atoms with Crippen LogP contribution < -0.4 is 10.9 Å². The van der Waals surface area contributed by atoms with Crippen LogP contribution in [0.5, 0.6) is 0 Å². The van der Waals surface area contributed by atoms with Crippen LogP contribution in [-0.2, 0) is 0 Å². The molecule has 0 N–H and O–H groups in total. The van der Waals surface area contributed by atoms with E-state index in [1.165, 1.54) is 0 Å².